The van der Waals surface area contributed by atoms with E-state index >= 15 is 0 Å². The molecule has 0 bridgehead atoms. The van der Waals surface area contributed by atoms with Gasteiger partial charge in [0, 0.05) is 29.2 Å². The first kappa shape index (κ1) is 12.1. The molecule has 0 saturated heterocycles. The fraction of sp³-hybridized carbons (Fsp3) is 0.0588. The van der Waals surface area contributed by atoms with E-state index in [1.165, 1.54) is 16.5 Å². The Morgan fingerprint density at radius 3 is 2.58 bits per heavy atom. The van der Waals surface area contributed by atoms with E-state index in [0.717, 1.165) is 10.5 Å². The van der Waals surface area contributed by atoms with Crippen LogP contribution in [0.5, 0.6) is 0 Å². The normalized spacial score (nSPS) is 11.5. The van der Waals surface area contributed by atoms with Crippen LogP contribution in [0.3, 0.4) is 0 Å². The predicted octanol–water partition coefficient (Wildman–Crippen LogP) is 5.00. The van der Waals surface area contributed by atoms with Crippen LogP contribution in [-0.2, 0) is 7.05 Å². The van der Waals surface area contributed by atoms with E-state index < -0.39 is 0 Å². The maximum Gasteiger partial charge on any atom is 0.0498 e. The Morgan fingerprint density at radius 1 is 1.00 bits per heavy atom. The Balaban J connectivity index is 2.04. The molecule has 2 aromatic carbocycles. The summed E-state index contributed by atoms with van der Waals surface area (Å²) in [5.74, 6) is 0. The van der Waals surface area contributed by atoms with Gasteiger partial charge in [0.1, 0.15) is 0 Å². The van der Waals surface area contributed by atoms with Crippen LogP contribution >= 0.6 is 11.6 Å². The van der Waals surface area contributed by atoms with E-state index in [-0.39, 0.29) is 0 Å². The zero-order chi connectivity index (χ0) is 13.2. The molecule has 3 aromatic rings. The fourth-order valence-corrected chi connectivity index (χ4v) is 2.44. The highest BCUT2D eigenvalue weighted by atomic mass is 35.5. The molecule has 0 spiro atoms. The number of nitrogens with zero attached hydrogens (tertiary/aromatic N) is 1. The van der Waals surface area contributed by atoms with Gasteiger partial charge in [-0.1, -0.05) is 60.2 Å². The number of aryl methyl sites for hydroxylation is 1. The minimum atomic E-state index is 0.771. The first-order valence-electron chi connectivity index (χ1n) is 6.22. The average molecular weight is 268 g/mol. The smallest absolute Gasteiger partial charge is 0.0498 e. The molecule has 1 heterocycles. The summed E-state index contributed by atoms with van der Waals surface area (Å²) in [6, 6.07) is 16.3. The van der Waals surface area contributed by atoms with Crippen molar-refractivity contribution in [3.05, 3.63) is 70.9 Å². The number of aromatic nitrogens is 1. The number of hydrogen-bond acceptors (Lipinski definition) is 0. The molecule has 0 radical (unpaired) electrons. The van der Waals surface area contributed by atoms with Crippen LogP contribution in [0.4, 0.5) is 0 Å². The Morgan fingerprint density at radius 2 is 1.79 bits per heavy atom. The number of benzene rings is 2. The van der Waals surface area contributed by atoms with Crippen molar-refractivity contribution < 1.29 is 0 Å². The summed E-state index contributed by atoms with van der Waals surface area (Å²) in [6.07, 6.45) is 6.40. The quantitative estimate of drug-likeness (QED) is 0.616. The molecular weight excluding hydrogens is 254 g/mol. The van der Waals surface area contributed by atoms with Crippen molar-refractivity contribution in [1.29, 1.82) is 0 Å². The van der Waals surface area contributed by atoms with E-state index in [1.54, 1.807) is 0 Å². The molecule has 0 atom stereocenters. The second-order valence-electron chi connectivity index (χ2n) is 4.60. The van der Waals surface area contributed by atoms with E-state index in [2.05, 4.69) is 41.1 Å². The topological polar surface area (TPSA) is 4.93 Å². The monoisotopic (exact) mass is 267 g/mol. The molecule has 0 N–H and O–H groups in total. The van der Waals surface area contributed by atoms with E-state index in [1.807, 2.05) is 37.4 Å². The lowest BCUT2D eigenvalue weighted by Gasteiger charge is -1.96. The van der Waals surface area contributed by atoms with E-state index in [4.69, 9.17) is 11.6 Å². The van der Waals surface area contributed by atoms with Crippen molar-refractivity contribution in [2.24, 2.45) is 7.05 Å². The highest BCUT2D eigenvalue weighted by Crippen LogP contribution is 2.25. The third-order valence-electron chi connectivity index (χ3n) is 3.24. The number of fused-ring (bicyclic) bond motifs is 1. The predicted molar refractivity (Wildman–Crippen MR) is 83.3 cm³/mol. The first-order valence-corrected chi connectivity index (χ1v) is 6.59. The lowest BCUT2D eigenvalue weighted by atomic mass is 10.1. The lowest BCUT2D eigenvalue weighted by molar-refractivity contribution is 0.968. The maximum absolute atomic E-state index is 6.04. The van der Waals surface area contributed by atoms with Crippen molar-refractivity contribution in [3.8, 4) is 0 Å². The van der Waals surface area contributed by atoms with Crippen molar-refractivity contribution in [1.82, 2.24) is 4.57 Å². The van der Waals surface area contributed by atoms with Crippen LogP contribution in [0.1, 0.15) is 11.1 Å². The average Bonchev–Trinajstić information content (AvgIpc) is 2.74. The van der Waals surface area contributed by atoms with Crippen LogP contribution in [0.25, 0.3) is 23.1 Å². The lowest BCUT2D eigenvalue weighted by Crippen LogP contribution is -1.82. The van der Waals surface area contributed by atoms with Gasteiger partial charge in [0.25, 0.3) is 0 Å². The van der Waals surface area contributed by atoms with Crippen molar-refractivity contribution >= 4 is 34.7 Å². The summed E-state index contributed by atoms with van der Waals surface area (Å²) in [7, 11) is 2.04. The molecule has 1 aromatic heterocycles. The molecule has 0 unspecified atom stereocenters. The van der Waals surface area contributed by atoms with Crippen molar-refractivity contribution in [3.63, 3.8) is 0 Å². The Bertz CT molecular complexity index is 739. The van der Waals surface area contributed by atoms with Gasteiger partial charge in [-0.15, -0.1) is 0 Å². The SMILES string of the molecule is Cn1cc(C=Cc2ccccc2)c2ccc(Cl)cc21. The fourth-order valence-electron chi connectivity index (χ4n) is 2.27. The molecule has 94 valence electrons. The molecule has 0 amide bonds. The van der Waals surface area contributed by atoms with Crippen LogP contribution < -0.4 is 0 Å². The molecule has 3 rings (SSSR count). The highest BCUT2D eigenvalue weighted by molar-refractivity contribution is 6.31. The summed E-state index contributed by atoms with van der Waals surface area (Å²) in [6.45, 7) is 0. The second kappa shape index (κ2) is 4.94. The van der Waals surface area contributed by atoms with Crippen molar-refractivity contribution in [2.45, 2.75) is 0 Å². The van der Waals surface area contributed by atoms with E-state index in [9.17, 15) is 0 Å². The zero-order valence-corrected chi connectivity index (χ0v) is 11.4. The number of hydrogen-bond donors (Lipinski definition) is 0. The van der Waals surface area contributed by atoms with Gasteiger partial charge >= 0.3 is 0 Å². The largest absolute Gasteiger partial charge is 0.350 e. The maximum atomic E-state index is 6.04. The van der Waals surface area contributed by atoms with Crippen LogP contribution in [0, 0.1) is 0 Å². The van der Waals surface area contributed by atoms with Gasteiger partial charge in [0.05, 0.1) is 0 Å². The Kier molecular flexibility index (Phi) is 3.14. The van der Waals surface area contributed by atoms with Gasteiger partial charge in [0.2, 0.25) is 0 Å². The molecule has 0 aliphatic rings. The molecule has 1 nitrogen and oxygen atoms in total. The van der Waals surface area contributed by atoms with Crippen LogP contribution in [-0.4, -0.2) is 4.57 Å². The minimum absolute atomic E-state index is 0.771. The molecule has 0 fully saturated rings. The summed E-state index contributed by atoms with van der Waals surface area (Å²) in [4.78, 5) is 0. The second-order valence-corrected chi connectivity index (χ2v) is 5.04. The van der Waals surface area contributed by atoms with Gasteiger partial charge < -0.3 is 4.57 Å². The van der Waals surface area contributed by atoms with E-state index in [0.29, 0.717) is 0 Å². The molecule has 0 aliphatic heterocycles. The number of rotatable bonds is 2. The van der Waals surface area contributed by atoms with Gasteiger partial charge in [-0.25, -0.2) is 0 Å². The molecule has 19 heavy (non-hydrogen) atoms. The van der Waals surface area contributed by atoms with Crippen molar-refractivity contribution in [2.75, 3.05) is 0 Å². The standard InChI is InChI=1S/C17H14ClN/c1-19-12-14(8-7-13-5-3-2-4-6-13)16-10-9-15(18)11-17(16)19/h2-12H,1H3. The molecule has 0 aliphatic carbocycles. The van der Waals surface area contributed by atoms with Gasteiger partial charge in [0.15, 0.2) is 0 Å². The summed E-state index contributed by atoms with van der Waals surface area (Å²) >= 11 is 6.04. The third kappa shape index (κ3) is 2.42. The zero-order valence-electron chi connectivity index (χ0n) is 10.7. The Labute approximate surface area is 117 Å². The third-order valence-corrected chi connectivity index (χ3v) is 3.47. The summed E-state index contributed by atoms with van der Waals surface area (Å²) in [5, 5.41) is 1.99. The highest BCUT2D eigenvalue weighted by Gasteiger charge is 2.04. The van der Waals surface area contributed by atoms with Crippen LogP contribution in [0.15, 0.2) is 54.7 Å². The van der Waals surface area contributed by atoms with Gasteiger partial charge in [-0.05, 0) is 23.3 Å². The molecular formula is C17H14ClN. The van der Waals surface area contributed by atoms with Gasteiger partial charge in [-0.3, -0.25) is 0 Å². The summed E-state index contributed by atoms with van der Waals surface area (Å²) < 4.78 is 2.10. The number of halogens is 1. The van der Waals surface area contributed by atoms with Gasteiger partial charge in [-0.2, -0.15) is 0 Å². The first-order chi connectivity index (χ1) is 9.24. The molecule has 0 saturated carbocycles. The van der Waals surface area contributed by atoms with Crippen LogP contribution in [0.2, 0.25) is 5.02 Å². The minimum Gasteiger partial charge on any atom is -0.350 e. The summed E-state index contributed by atoms with van der Waals surface area (Å²) in [5.41, 5.74) is 3.56. The Hall–Kier alpha value is -1.99. The molecule has 2 heteroatoms.